The Kier molecular flexibility index (Phi) is 4.88. The second kappa shape index (κ2) is 7.26. The predicted molar refractivity (Wildman–Crippen MR) is 97.7 cm³/mol. The van der Waals surface area contributed by atoms with Gasteiger partial charge in [-0.15, -0.1) is 0 Å². The van der Waals surface area contributed by atoms with Crippen molar-refractivity contribution in [2.24, 2.45) is 7.05 Å². The molecule has 2 aromatic carbocycles. The summed E-state index contributed by atoms with van der Waals surface area (Å²) < 4.78 is 11.7. The van der Waals surface area contributed by atoms with Gasteiger partial charge in [-0.2, -0.15) is 5.10 Å². The molecule has 1 heterocycles. The average Bonchev–Trinajstić information content (AvgIpc) is 2.68. The molecule has 134 valence electrons. The van der Waals surface area contributed by atoms with E-state index >= 15 is 0 Å². The van der Waals surface area contributed by atoms with Crippen LogP contribution in [0.25, 0.3) is 10.8 Å². The third-order valence-electron chi connectivity index (χ3n) is 4.10. The zero-order chi connectivity index (χ0) is 18.7. The molecule has 1 N–H and O–H groups in total. The first-order chi connectivity index (χ1) is 12.5. The van der Waals surface area contributed by atoms with Gasteiger partial charge in [0.05, 0.1) is 31.8 Å². The van der Waals surface area contributed by atoms with Gasteiger partial charge in [-0.3, -0.25) is 9.59 Å². The number of nitrogens with one attached hydrogen (secondary N) is 1. The summed E-state index contributed by atoms with van der Waals surface area (Å²) in [4.78, 5) is 24.6. The molecule has 0 saturated carbocycles. The third kappa shape index (κ3) is 3.23. The highest BCUT2D eigenvalue weighted by molar-refractivity contribution is 5.95. The van der Waals surface area contributed by atoms with Crippen molar-refractivity contribution in [3.05, 3.63) is 64.1 Å². The lowest BCUT2D eigenvalue weighted by atomic mass is 10.1. The van der Waals surface area contributed by atoms with Crippen molar-refractivity contribution in [1.29, 1.82) is 0 Å². The first-order valence-electron chi connectivity index (χ1n) is 8.00. The van der Waals surface area contributed by atoms with Crippen LogP contribution in [0.5, 0.6) is 11.5 Å². The Balaban J connectivity index is 1.86. The molecule has 1 amide bonds. The normalized spacial score (nSPS) is 10.6. The lowest BCUT2D eigenvalue weighted by molar-refractivity contribution is 0.0950. The van der Waals surface area contributed by atoms with E-state index in [1.807, 2.05) is 12.1 Å². The van der Waals surface area contributed by atoms with Crippen molar-refractivity contribution >= 4 is 16.7 Å². The summed E-state index contributed by atoms with van der Waals surface area (Å²) in [5.41, 5.74) is 0.892. The molecule has 0 fully saturated rings. The van der Waals surface area contributed by atoms with Gasteiger partial charge in [-0.25, -0.2) is 4.68 Å². The highest BCUT2D eigenvalue weighted by atomic mass is 16.5. The highest BCUT2D eigenvalue weighted by Gasteiger charge is 2.13. The number of fused-ring (bicyclic) bond motifs is 1. The van der Waals surface area contributed by atoms with Gasteiger partial charge in [0, 0.05) is 18.0 Å². The topological polar surface area (TPSA) is 82.5 Å². The largest absolute Gasteiger partial charge is 0.493 e. The van der Waals surface area contributed by atoms with Gasteiger partial charge in [0.1, 0.15) is 0 Å². The Morgan fingerprint density at radius 1 is 1.08 bits per heavy atom. The maximum Gasteiger partial charge on any atom is 0.274 e. The minimum atomic E-state index is -0.273. The molecule has 0 aliphatic rings. The Morgan fingerprint density at radius 3 is 2.46 bits per heavy atom. The number of aryl methyl sites for hydroxylation is 1. The van der Waals surface area contributed by atoms with Crippen LogP contribution in [0.1, 0.15) is 16.1 Å². The maximum absolute atomic E-state index is 12.5. The second-order valence-electron chi connectivity index (χ2n) is 5.67. The van der Waals surface area contributed by atoms with Crippen LogP contribution in [0.3, 0.4) is 0 Å². The first kappa shape index (κ1) is 17.5. The number of benzene rings is 2. The quantitative estimate of drug-likeness (QED) is 0.757. The summed E-state index contributed by atoms with van der Waals surface area (Å²) in [6, 6.07) is 12.1. The Hall–Kier alpha value is -3.35. The molecule has 7 heteroatoms. The molecule has 26 heavy (non-hydrogen) atoms. The summed E-state index contributed by atoms with van der Waals surface area (Å²) in [6.07, 6.45) is 0. The Morgan fingerprint density at radius 2 is 1.77 bits per heavy atom. The van der Waals surface area contributed by atoms with Crippen molar-refractivity contribution in [2.45, 2.75) is 6.54 Å². The van der Waals surface area contributed by atoms with E-state index in [2.05, 4.69) is 10.4 Å². The number of rotatable bonds is 5. The van der Waals surface area contributed by atoms with Crippen LogP contribution in [-0.2, 0) is 13.6 Å². The van der Waals surface area contributed by atoms with Crippen molar-refractivity contribution in [3.8, 4) is 11.5 Å². The Bertz CT molecular complexity index is 1030. The SMILES string of the molecule is COc1ccc(C(=O)NCc2nn(C)c(=O)c3ccccc23)cc1OC. The fourth-order valence-corrected chi connectivity index (χ4v) is 2.75. The van der Waals surface area contributed by atoms with Gasteiger partial charge in [0.15, 0.2) is 11.5 Å². The van der Waals surface area contributed by atoms with E-state index in [-0.39, 0.29) is 18.0 Å². The molecule has 3 aromatic rings. The van der Waals surface area contributed by atoms with E-state index < -0.39 is 0 Å². The third-order valence-corrected chi connectivity index (χ3v) is 4.10. The summed E-state index contributed by atoms with van der Waals surface area (Å²) in [5.74, 6) is 0.756. The van der Waals surface area contributed by atoms with E-state index in [9.17, 15) is 9.59 Å². The number of nitrogens with zero attached hydrogens (tertiary/aromatic N) is 2. The van der Waals surface area contributed by atoms with Crippen LogP contribution >= 0.6 is 0 Å². The summed E-state index contributed by atoms with van der Waals surface area (Å²) in [7, 11) is 4.64. The van der Waals surface area contributed by atoms with E-state index in [0.717, 1.165) is 5.39 Å². The van der Waals surface area contributed by atoms with E-state index in [1.165, 1.54) is 18.9 Å². The molecule has 0 atom stereocenters. The van der Waals surface area contributed by atoms with Crippen LogP contribution in [0, 0.1) is 0 Å². The van der Waals surface area contributed by atoms with E-state index in [0.29, 0.717) is 28.1 Å². The lowest BCUT2D eigenvalue weighted by Gasteiger charge is -2.11. The monoisotopic (exact) mass is 353 g/mol. The van der Waals surface area contributed by atoms with Gasteiger partial charge in [-0.05, 0) is 24.3 Å². The zero-order valence-electron chi connectivity index (χ0n) is 14.8. The van der Waals surface area contributed by atoms with Crippen LogP contribution in [0.15, 0.2) is 47.3 Å². The number of carbonyl (C=O) groups is 1. The molecule has 7 nitrogen and oxygen atoms in total. The second-order valence-corrected chi connectivity index (χ2v) is 5.67. The number of amides is 1. The molecule has 0 bridgehead atoms. The number of hydrogen-bond acceptors (Lipinski definition) is 5. The van der Waals surface area contributed by atoms with Crippen LogP contribution in [0.2, 0.25) is 0 Å². The number of hydrogen-bond donors (Lipinski definition) is 1. The van der Waals surface area contributed by atoms with Crippen molar-refractivity contribution in [3.63, 3.8) is 0 Å². The molecule has 0 unspecified atom stereocenters. The van der Waals surface area contributed by atoms with Gasteiger partial charge in [0.25, 0.3) is 11.5 Å². The summed E-state index contributed by atoms with van der Waals surface area (Å²) in [5, 5.41) is 8.40. The van der Waals surface area contributed by atoms with Gasteiger partial charge in [-0.1, -0.05) is 18.2 Å². The first-order valence-corrected chi connectivity index (χ1v) is 8.00. The Labute approximate surface area is 150 Å². The number of aromatic nitrogens is 2. The predicted octanol–water partition coefficient (Wildman–Crippen LogP) is 1.88. The van der Waals surface area contributed by atoms with Crippen LogP contribution < -0.4 is 20.3 Å². The lowest BCUT2D eigenvalue weighted by Crippen LogP contribution is -2.27. The molecule has 0 aliphatic heterocycles. The molecule has 3 rings (SSSR count). The number of ether oxygens (including phenoxy) is 2. The van der Waals surface area contributed by atoms with E-state index in [1.54, 1.807) is 37.4 Å². The summed E-state index contributed by atoms with van der Waals surface area (Å²) in [6.45, 7) is 0.196. The summed E-state index contributed by atoms with van der Waals surface area (Å²) >= 11 is 0. The maximum atomic E-state index is 12.5. The molecule has 0 aliphatic carbocycles. The van der Waals surface area contributed by atoms with E-state index in [4.69, 9.17) is 9.47 Å². The fourth-order valence-electron chi connectivity index (χ4n) is 2.75. The highest BCUT2D eigenvalue weighted by Crippen LogP contribution is 2.27. The fraction of sp³-hybridized carbons (Fsp3) is 0.211. The minimum absolute atomic E-state index is 0.171. The van der Waals surface area contributed by atoms with Gasteiger partial charge in [0.2, 0.25) is 0 Å². The average molecular weight is 353 g/mol. The van der Waals surface area contributed by atoms with Gasteiger partial charge >= 0.3 is 0 Å². The molecule has 1 aromatic heterocycles. The smallest absolute Gasteiger partial charge is 0.274 e. The number of carbonyl (C=O) groups excluding carboxylic acids is 1. The minimum Gasteiger partial charge on any atom is -0.493 e. The molecule has 0 saturated heterocycles. The van der Waals surface area contributed by atoms with Crippen LogP contribution in [0.4, 0.5) is 0 Å². The van der Waals surface area contributed by atoms with Gasteiger partial charge < -0.3 is 14.8 Å². The molecule has 0 radical (unpaired) electrons. The van der Waals surface area contributed by atoms with Crippen molar-refractivity contribution in [2.75, 3.05) is 14.2 Å². The molecule has 0 spiro atoms. The molecular formula is C19H19N3O4. The zero-order valence-corrected chi connectivity index (χ0v) is 14.8. The molecular weight excluding hydrogens is 334 g/mol. The number of methoxy groups -OCH3 is 2. The van der Waals surface area contributed by atoms with Crippen molar-refractivity contribution < 1.29 is 14.3 Å². The van der Waals surface area contributed by atoms with Crippen molar-refractivity contribution in [1.82, 2.24) is 15.1 Å². The van der Waals surface area contributed by atoms with Crippen LogP contribution in [-0.4, -0.2) is 29.9 Å². The standard InChI is InChI=1S/C19H19N3O4/c1-22-19(24)14-7-5-4-6-13(14)15(21-22)11-20-18(23)12-8-9-16(25-2)17(10-12)26-3/h4-10H,11H2,1-3H3,(H,20,23).